The van der Waals surface area contributed by atoms with Gasteiger partial charge in [0, 0.05) is 11.4 Å². The number of hydrogen-bond donors (Lipinski definition) is 2. The zero-order valence-electron chi connectivity index (χ0n) is 14.7. The standard InChI is InChI=1S/C20H21ClN2O3/c1-12(2)15(13-6-8-14(21)9-7-13)10-18(24)22-16-4-3-5-17-20(16)26-11-19(25)23-17/h3-9,12,15H,10-11H2,1-2H3,(H,22,24)(H,23,25). The first-order valence-corrected chi connectivity index (χ1v) is 8.93. The van der Waals surface area contributed by atoms with Gasteiger partial charge >= 0.3 is 0 Å². The third-order valence-electron chi connectivity index (χ3n) is 4.42. The minimum Gasteiger partial charge on any atom is -0.479 e. The largest absolute Gasteiger partial charge is 0.479 e. The first-order chi connectivity index (χ1) is 12.4. The van der Waals surface area contributed by atoms with E-state index in [0.717, 1.165) is 5.56 Å². The van der Waals surface area contributed by atoms with Crippen LogP contribution in [0.25, 0.3) is 0 Å². The molecule has 3 rings (SSSR count). The van der Waals surface area contributed by atoms with Crippen molar-refractivity contribution < 1.29 is 14.3 Å². The molecule has 2 amide bonds. The first-order valence-electron chi connectivity index (χ1n) is 8.55. The van der Waals surface area contributed by atoms with Gasteiger partial charge in [0.05, 0.1) is 11.4 Å². The molecule has 0 saturated carbocycles. The summed E-state index contributed by atoms with van der Waals surface area (Å²) in [5.74, 6) is 0.554. The molecule has 5 nitrogen and oxygen atoms in total. The van der Waals surface area contributed by atoms with E-state index in [1.807, 2.05) is 24.3 Å². The average Bonchev–Trinajstić information content (AvgIpc) is 2.60. The fraction of sp³-hybridized carbons (Fsp3) is 0.300. The smallest absolute Gasteiger partial charge is 0.262 e. The minimum atomic E-state index is -0.205. The Hall–Kier alpha value is -2.53. The van der Waals surface area contributed by atoms with Crippen molar-refractivity contribution in [1.29, 1.82) is 0 Å². The van der Waals surface area contributed by atoms with Crippen molar-refractivity contribution in [2.45, 2.75) is 26.2 Å². The van der Waals surface area contributed by atoms with E-state index in [0.29, 0.717) is 34.5 Å². The zero-order valence-corrected chi connectivity index (χ0v) is 15.5. The molecule has 1 atom stereocenters. The number of nitrogens with one attached hydrogen (secondary N) is 2. The maximum Gasteiger partial charge on any atom is 0.262 e. The van der Waals surface area contributed by atoms with E-state index in [1.54, 1.807) is 18.2 Å². The number of para-hydroxylation sites is 1. The third-order valence-corrected chi connectivity index (χ3v) is 4.67. The topological polar surface area (TPSA) is 67.4 Å². The van der Waals surface area contributed by atoms with Crippen molar-refractivity contribution in [3.63, 3.8) is 0 Å². The number of halogens is 1. The molecular formula is C20H21ClN2O3. The number of amides is 2. The Morgan fingerprint density at radius 3 is 2.65 bits per heavy atom. The maximum absolute atomic E-state index is 12.6. The number of benzene rings is 2. The molecular weight excluding hydrogens is 352 g/mol. The molecule has 0 radical (unpaired) electrons. The van der Waals surface area contributed by atoms with Gasteiger partial charge in [-0.25, -0.2) is 0 Å². The van der Waals surface area contributed by atoms with Crippen LogP contribution in [-0.4, -0.2) is 18.4 Å². The quantitative estimate of drug-likeness (QED) is 0.815. The van der Waals surface area contributed by atoms with Gasteiger partial charge < -0.3 is 15.4 Å². The van der Waals surface area contributed by atoms with Crippen molar-refractivity contribution >= 4 is 34.8 Å². The minimum absolute atomic E-state index is 0.0563. The van der Waals surface area contributed by atoms with Crippen molar-refractivity contribution in [3.05, 3.63) is 53.1 Å². The van der Waals surface area contributed by atoms with Gasteiger partial charge in [-0.15, -0.1) is 0 Å². The van der Waals surface area contributed by atoms with Crippen LogP contribution in [0.1, 0.15) is 31.7 Å². The predicted octanol–water partition coefficient (Wildman–Crippen LogP) is 4.44. The summed E-state index contributed by atoms with van der Waals surface area (Å²) in [4.78, 5) is 24.1. The van der Waals surface area contributed by atoms with Gasteiger partial charge in [0.25, 0.3) is 5.91 Å². The summed E-state index contributed by atoms with van der Waals surface area (Å²) in [5.41, 5.74) is 2.21. The van der Waals surface area contributed by atoms with Gasteiger partial charge in [-0.05, 0) is 41.7 Å². The van der Waals surface area contributed by atoms with E-state index >= 15 is 0 Å². The number of rotatable bonds is 5. The van der Waals surface area contributed by atoms with Crippen LogP contribution in [0.3, 0.4) is 0 Å². The highest BCUT2D eigenvalue weighted by molar-refractivity contribution is 6.30. The summed E-state index contributed by atoms with van der Waals surface area (Å²) < 4.78 is 5.48. The van der Waals surface area contributed by atoms with Gasteiger partial charge in [0.1, 0.15) is 0 Å². The van der Waals surface area contributed by atoms with Gasteiger partial charge in [0.2, 0.25) is 5.91 Å². The van der Waals surface area contributed by atoms with Gasteiger partial charge in [-0.2, -0.15) is 0 Å². The van der Waals surface area contributed by atoms with E-state index in [4.69, 9.17) is 16.3 Å². The lowest BCUT2D eigenvalue weighted by atomic mass is 9.85. The van der Waals surface area contributed by atoms with E-state index in [9.17, 15) is 9.59 Å². The van der Waals surface area contributed by atoms with Gasteiger partial charge in [-0.3, -0.25) is 9.59 Å². The monoisotopic (exact) mass is 372 g/mol. The van der Waals surface area contributed by atoms with E-state index in [2.05, 4.69) is 24.5 Å². The van der Waals surface area contributed by atoms with Crippen LogP contribution in [0.15, 0.2) is 42.5 Å². The van der Waals surface area contributed by atoms with Crippen molar-refractivity contribution in [2.75, 3.05) is 17.2 Å². The number of ether oxygens (including phenoxy) is 1. The van der Waals surface area contributed by atoms with E-state index in [-0.39, 0.29) is 24.3 Å². The fourth-order valence-corrected chi connectivity index (χ4v) is 3.19. The maximum atomic E-state index is 12.6. The number of anilines is 2. The molecule has 6 heteroatoms. The summed E-state index contributed by atoms with van der Waals surface area (Å²) in [6, 6.07) is 12.9. The lowest BCUT2D eigenvalue weighted by Gasteiger charge is -2.23. The van der Waals surface area contributed by atoms with Crippen LogP contribution < -0.4 is 15.4 Å². The number of fused-ring (bicyclic) bond motifs is 1. The van der Waals surface area contributed by atoms with E-state index in [1.165, 1.54) is 0 Å². The Bertz CT molecular complexity index is 818. The molecule has 0 fully saturated rings. The predicted molar refractivity (Wildman–Crippen MR) is 103 cm³/mol. The molecule has 2 aromatic carbocycles. The summed E-state index contributed by atoms with van der Waals surface area (Å²) in [5, 5.41) is 6.32. The van der Waals surface area contributed by atoms with Crippen LogP contribution in [0.5, 0.6) is 5.75 Å². The Morgan fingerprint density at radius 2 is 1.96 bits per heavy atom. The Balaban J connectivity index is 1.74. The molecule has 26 heavy (non-hydrogen) atoms. The normalized spacial score (nSPS) is 14.2. The molecule has 1 aliphatic heterocycles. The second-order valence-electron chi connectivity index (χ2n) is 6.67. The molecule has 0 bridgehead atoms. The molecule has 0 aliphatic carbocycles. The Kier molecular flexibility index (Phi) is 5.47. The molecule has 0 saturated heterocycles. The molecule has 2 N–H and O–H groups in total. The lowest BCUT2D eigenvalue weighted by Crippen LogP contribution is -2.26. The molecule has 1 aliphatic rings. The first kappa shape index (κ1) is 18.3. The summed E-state index contributed by atoms with van der Waals surface area (Å²) in [6.07, 6.45) is 0.343. The molecule has 0 spiro atoms. The number of carbonyl (C=O) groups excluding carboxylic acids is 2. The molecule has 1 heterocycles. The summed E-state index contributed by atoms with van der Waals surface area (Å²) in [6.45, 7) is 4.13. The van der Waals surface area contributed by atoms with Gasteiger partial charge in [0.15, 0.2) is 12.4 Å². The van der Waals surface area contributed by atoms with Crippen molar-refractivity contribution in [1.82, 2.24) is 0 Å². The Morgan fingerprint density at radius 1 is 1.23 bits per heavy atom. The molecule has 1 unspecified atom stereocenters. The zero-order chi connectivity index (χ0) is 18.7. The van der Waals surface area contributed by atoms with E-state index < -0.39 is 0 Å². The highest BCUT2D eigenvalue weighted by atomic mass is 35.5. The van der Waals surface area contributed by atoms with Crippen LogP contribution in [0.2, 0.25) is 5.02 Å². The molecule has 0 aromatic heterocycles. The fourth-order valence-electron chi connectivity index (χ4n) is 3.06. The number of hydrogen-bond acceptors (Lipinski definition) is 3. The second-order valence-corrected chi connectivity index (χ2v) is 7.11. The third kappa shape index (κ3) is 4.17. The van der Waals surface area contributed by atoms with Crippen molar-refractivity contribution in [2.24, 2.45) is 5.92 Å². The SMILES string of the molecule is CC(C)C(CC(=O)Nc1cccc2c1OCC(=O)N2)c1ccc(Cl)cc1. The number of carbonyl (C=O) groups is 2. The lowest BCUT2D eigenvalue weighted by molar-refractivity contribution is -0.118. The average molecular weight is 373 g/mol. The summed E-state index contributed by atoms with van der Waals surface area (Å²) in [7, 11) is 0. The summed E-state index contributed by atoms with van der Waals surface area (Å²) >= 11 is 5.96. The van der Waals surface area contributed by atoms with Crippen LogP contribution in [0, 0.1) is 5.92 Å². The second kappa shape index (κ2) is 7.79. The highest BCUT2D eigenvalue weighted by Gasteiger charge is 2.23. The molecule has 2 aromatic rings. The molecule has 136 valence electrons. The Labute approximate surface area is 157 Å². The van der Waals surface area contributed by atoms with Crippen LogP contribution in [0.4, 0.5) is 11.4 Å². The van der Waals surface area contributed by atoms with Crippen LogP contribution >= 0.6 is 11.6 Å². The highest BCUT2D eigenvalue weighted by Crippen LogP contribution is 2.36. The van der Waals surface area contributed by atoms with Gasteiger partial charge in [-0.1, -0.05) is 43.6 Å². The van der Waals surface area contributed by atoms with Crippen LogP contribution in [-0.2, 0) is 9.59 Å². The van der Waals surface area contributed by atoms with Crippen molar-refractivity contribution in [3.8, 4) is 5.75 Å².